The number of unbranched alkanes of at least 4 members (excludes halogenated alkanes) is 11. The molecule has 4 nitrogen and oxygen atoms in total. The molecule has 0 aliphatic rings. The Bertz CT molecular complexity index is 304. The van der Waals surface area contributed by atoms with Crippen molar-refractivity contribution in [3.63, 3.8) is 0 Å². The van der Waals surface area contributed by atoms with Gasteiger partial charge in [0.2, 0.25) is 0 Å². The minimum absolute atomic E-state index is 0.0751. The average Bonchev–Trinajstić information content (AvgIpc) is 2.61. The van der Waals surface area contributed by atoms with Crippen LogP contribution in [0.25, 0.3) is 0 Å². The van der Waals surface area contributed by atoms with E-state index in [1.54, 1.807) is 0 Å². The molecule has 0 unspecified atom stereocenters. The van der Waals surface area contributed by atoms with E-state index in [1.807, 2.05) is 6.92 Å². The summed E-state index contributed by atoms with van der Waals surface area (Å²) in [6.07, 6.45) is 15.8. The third-order valence-corrected chi connectivity index (χ3v) is 4.33. The molecule has 0 amide bonds. The molecule has 5 heteroatoms. The van der Waals surface area contributed by atoms with Gasteiger partial charge in [-0.1, -0.05) is 71.1 Å². The van der Waals surface area contributed by atoms with Crippen LogP contribution in [-0.4, -0.2) is 29.5 Å². The van der Waals surface area contributed by atoms with Crippen molar-refractivity contribution in [1.82, 2.24) is 0 Å². The van der Waals surface area contributed by atoms with Crippen LogP contribution in [0.1, 0.15) is 110 Å². The van der Waals surface area contributed by atoms with E-state index in [1.165, 1.54) is 51.4 Å². The van der Waals surface area contributed by atoms with Crippen molar-refractivity contribution in [2.75, 3.05) is 12.5 Å². The standard InChI is InChI=1S/C16H30O4.C5H11Cl/c1-2-20-16(19)14-12-10-8-6-4-3-5-7-9-11-13-15(17)18;1-2-3-4-5-6/h2-14H2,1H3,(H,17,18);2-5H2,1H3. The Labute approximate surface area is 166 Å². The predicted molar refractivity (Wildman–Crippen MR) is 110 cm³/mol. The molecular weight excluding hydrogens is 352 g/mol. The number of halogens is 1. The van der Waals surface area contributed by atoms with Crippen molar-refractivity contribution in [1.29, 1.82) is 0 Å². The zero-order valence-corrected chi connectivity index (χ0v) is 17.8. The summed E-state index contributed by atoms with van der Waals surface area (Å²) in [5.41, 5.74) is 0. The Morgan fingerprint density at radius 1 is 0.731 bits per heavy atom. The van der Waals surface area contributed by atoms with E-state index in [-0.39, 0.29) is 5.97 Å². The third-order valence-electron chi connectivity index (χ3n) is 4.06. The van der Waals surface area contributed by atoms with Crippen LogP contribution in [0.5, 0.6) is 0 Å². The van der Waals surface area contributed by atoms with E-state index in [0.717, 1.165) is 38.0 Å². The number of carbonyl (C=O) groups excluding carboxylic acids is 1. The van der Waals surface area contributed by atoms with Crippen LogP contribution in [0.3, 0.4) is 0 Å². The highest BCUT2D eigenvalue weighted by Gasteiger charge is 2.00. The Balaban J connectivity index is 0. The summed E-state index contributed by atoms with van der Waals surface area (Å²) in [5, 5.41) is 8.49. The van der Waals surface area contributed by atoms with Gasteiger partial charge in [0.1, 0.15) is 0 Å². The number of alkyl halides is 1. The SMILES string of the molecule is CCCCCCl.CCOC(=O)CCCCCCCCCCCCC(=O)O. The predicted octanol–water partition coefficient (Wildman–Crippen LogP) is 6.73. The van der Waals surface area contributed by atoms with Crippen molar-refractivity contribution in [3.8, 4) is 0 Å². The number of ether oxygens (including phenoxy) is 1. The number of carbonyl (C=O) groups is 2. The number of carboxylic acids is 1. The zero-order chi connectivity index (χ0) is 19.9. The monoisotopic (exact) mass is 392 g/mol. The minimum atomic E-state index is -0.687. The highest BCUT2D eigenvalue weighted by atomic mass is 35.5. The maximum Gasteiger partial charge on any atom is 0.305 e. The highest BCUT2D eigenvalue weighted by molar-refractivity contribution is 6.17. The molecule has 0 aromatic rings. The molecule has 0 aliphatic heterocycles. The van der Waals surface area contributed by atoms with Crippen LogP contribution in [0.15, 0.2) is 0 Å². The second kappa shape index (κ2) is 24.2. The van der Waals surface area contributed by atoms with Crippen LogP contribution in [0.4, 0.5) is 0 Å². The first-order chi connectivity index (χ1) is 12.6. The first kappa shape index (κ1) is 27.4. The first-order valence-corrected chi connectivity index (χ1v) is 11.0. The lowest BCUT2D eigenvalue weighted by Crippen LogP contribution is -2.03. The number of hydrogen-bond donors (Lipinski definition) is 1. The minimum Gasteiger partial charge on any atom is -0.481 e. The lowest BCUT2D eigenvalue weighted by molar-refractivity contribution is -0.143. The van der Waals surface area contributed by atoms with E-state index in [2.05, 4.69) is 6.92 Å². The van der Waals surface area contributed by atoms with Gasteiger partial charge in [-0.15, -0.1) is 11.6 Å². The zero-order valence-electron chi connectivity index (χ0n) is 17.1. The molecule has 0 fully saturated rings. The molecule has 1 N–H and O–H groups in total. The lowest BCUT2D eigenvalue weighted by atomic mass is 10.1. The van der Waals surface area contributed by atoms with Crippen LogP contribution in [0.2, 0.25) is 0 Å². The summed E-state index contributed by atoms with van der Waals surface area (Å²) in [6, 6.07) is 0. The van der Waals surface area contributed by atoms with Gasteiger partial charge in [0, 0.05) is 18.7 Å². The number of aliphatic carboxylic acids is 1. The van der Waals surface area contributed by atoms with E-state index >= 15 is 0 Å². The van der Waals surface area contributed by atoms with Crippen LogP contribution < -0.4 is 0 Å². The molecule has 0 rings (SSSR count). The van der Waals surface area contributed by atoms with Gasteiger partial charge in [-0.25, -0.2) is 0 Å². The summed E-state index contributed by atoms with van der Waals surface area (Å²) >= 11 is 5.38. The molecule has 0 atom stereocenters. The van der Waals surface area contributed by atoms with Gasteiger partial charge >= 0.3 is 11.9 Å². The molecule has 0 radical (unpaired) electrons. The first-order valence-electron chi connectivity index (χ1n) is 10.5. The van der Waals surface area contributed by atoms with E-state index in [4.69, 9.17) is 21.4 Å². The number of rotatable bonds is 17. The fraction of sp³-hybridized carbons (Fsp3) is 0.905. The van der Waals surface area contributed by atoms with Crippen molar-refractivity contribution < 1.29 is 19.4 Å². The van der Waals surface area contributed by atoms with Gasteiger partial charge in [-0.2, -0.15) is 0 Å². The molecule has 156 valence electrons. The molecule has 26 heavy (non-hydrogen) atoms. The maximum absolute atomic E-state index is 11.1. The van der Waals surface area contributed by atoms with Gasteiger partial charge in [0.25, 0.3) is 0 Å². The Morgan fingerprint density at radius 2 is 1.19 bits per heavy atom. The van der Waals surface area contributed by atoms with E-state index in [0.29, 0.717) is 19.4 Å². The van der Waals surface area contributed by atoms with Gasteiger partial charge in [0.05, 0.1) is 6.61 Å². The fourth-order valence-electron chi connectivity index (χ4n) is 2.54. The van der Waals surface area contributed by atoms with E-state index in [9.17, 15) is 9.59 Å². The second-order valence-electron chi connectivity index (χ2n) is 6.63. The normalized spacial score (nSPS) is 10.1. The summed E-state index contributed by atoms with van der Waals surface area (Å²) in [7, 11) is 0. The molecule has 0 saturated heterocycles. The molecule has 0 bridgehead atoms. The summed E-state index contributed by atoms with van der Waals surface area (Å²) in [4.78, 5) is 21.4. The van der Waals surface area contributed by atoms with Crippen molar-refractivity contribution in [2.45, 2.75) is 110 Å². The van der Waals surface area contributed by atoms with Gasteiger partial charge < -0.3 is 9.84 Å². The number of esters is 1. The summed E-state index contributed by atoms with van der Waals surface area (Å²) in [5.74, 6) is 0.0649. The topological polar surface area (TPSA) is 63.6 Å². The molecular formula is C21H41ClO4. The van der Waals surface area contributed by atoms with Crippen LogP contribution in [-0.2, 0) is 14.3 Å². The Hall–Kier alpha value is -0.770. The highest BCUT2D eigenvalue weighted by Crippen LogP contribution is 2.12. The largest absolute Gasteiger partial charge is 0.481 e. The number of hydrogen-bond acceptors (Lipinski definition) is 3. The molecule has 0 aromatic heterocycles. The van der Waals surface area contributed by atoms with Crippen molar-refractivity contribution in [2.24, 2.45) is 0 Å². The Kier molecular flexibility index (Phi) is 25.6. The quantitative estimate of drug-likeness (QED) is 0.169. The smallest absolute Gasteiger partial charge is 0.305 e. The lowest BCUT2D eigenvalue weighted by Gasteiger charge is -2.03. The van der Waals surface area contributed by atoms with Crippen LogP contribution in [0, 0.1) is 0 Å². The summed E-state index contributed by atoms with van der Waals surface area (Å²) < 4.78 is 4.87. The van der Waals surface area contributed by atoms with Crippen molar-refractivity contribution in [3.05, 3.63) is 0 Å². The maximum atomic E-state index is 11.1. The number of carboxylic acid groups (broad SMARTS) is 1. The fourth-order valence-corrected chi connectivity index (χ4v) is 2.73. The van der Waals surface area contributed by atoms with Gasteiger partial charge in [-0.05, 0) is 26.2 Å². The van der Waals surface area contributed by atoms with Crippen LogP contribution >= 0.6 is 11.6 Å². The second-order valence-corrected chi connectivity index (χ2v) is 7.01. The summed E-state index contributed by atoms with van der Waals surface area (Å²) in [6.45, 7) is 4.48. The molecule has 0 heterocycles. The molecule has 0 saturated carbocycles. The average molecular weight is 393 g/mol. The third kappa shape index (κ3) is 28.1. The van der Waals surface area contributed by atoms with Crippen molar-refractivity contribution >= 4 is 23.5 Å². The van der Waals surface area contributed by atoms with Gasteiger partial charge in [-0.3, -0.25) is 9.59 Å². The molecule has 0 spiro atoms. The van der Waals surface area contributed by atoms with Gasteiger partial charge in [0.15, 0.2) is 0 Å². The van der Waals surface area contributed by atoms with E-state index < -0.39 is 5.97 Å². The Morgan fingerprint density at radius 3 is 1.54 bits per heavy atom. The molecule has 0 aromatic carbocycles. The molecule has 0 aliphatic carbocycles.